The fourth-order valence-corrected chi connectivity index (χ4v) is 2.48. The van der Waals surface area contributed by atoms with E-state index in [2.05, 4.69) is 29.6 Å². The van der Waals surface area contributed by atoms with Gasteiger partial charge >= 0.3 is 0 Å². The first-order chi connectivity index (χ1) is 7.16. The van der Waals surface area contributed by atoms with E-state index in [1.165, 1.54) is 32.1 Å². The van der Waals surface area contributed by atoms with Crippen LogP contribution in [0.4, 0.5) is 0 Å². The Morgan fingerprint density at radius 2 is 1.73 bits per heavy atom. The molecular weight excluding hydrogens is 206 g/mol. The smallest absolute Gasteiger partial charge is 0.181 e. The molecule has 1 aliphatic carbocycles. The van der Waals surface area contributed by atoms with Gasteiger partial charge in [0.1, 0.15) is 0 Å². The molecule has 0 aromatic carbocycles. The lowest BCUT2D eigenvalue weighted by atomic mass is 10.00. The first kappa shape index (κ1) is 11.1. The standard InChI is InChI=1S/C11H21N3S/c1-8-4-3-5-9(2)14(8)13-11(15)12-10-6-7-10/h8-10H,3-7H2,1-2H3,(H2,12,13,15)/t8-,9-/m0/s1. The van der Waals surface area contributed by atoms with E-state index < -0.39 is 0 Å². The predicted molar refractivity (Wildman–Crippen MR) is 66.5 cm³/mol. The number of piperidine rings is 1. The lowest BCUT2D eigenvalue weighted by molar-refractivity contribution is 0.0736. The molecule has 3 nitrogen and oxygen atoms in total. The largest absolute Gasteiger partial charge is 0.359 e. The van der Waals surface area contributed by atoms with Crippen LogP contribution in [-0.4, -0.2) is 28.2 Å². The highest BCUT2D eigenvalue weighted by Crippen LogP contribution is 2.21. The van der Waals surface area contributed by atoms with Crippen LogP contribution in [0.3, 0.4) is 0 Å². The molecule has 1 heterocycles. The predicted octanol–water partition coefficient (Wildman–Crippen LogP) is 1.79. The van der Waals surface area contributed by atoms with Gasteiger partial charge in [-0.2, -0.15) is 0 Å². The molecule has 0 aromatic heterocycles. The summed E-state index contributed by atoms with van der Waals surface area (Å²) in [6.45, 7) is 4.53. The molecule has 0 aromatic rings. The highest BCUT2D eigenvalue weighted by molar-refractivity contribution is 7.80. The van der Waals surface area contributed by atoms with Crippen molar-refractivity contribution in [2.75, 3.05) is 0 Å². The van der Waals surface area contributed by atoms with Crippen LogP contribution in [-0.2, 0) is 0 Å². The average molecular weight is 227 g/mol. The van der Waals surface area contributed by atoms with Crippen molar-refractivity contribution in [1.82, 2.24) is 15.8 Å². The second-order valence-corrected chi connectivity index (χ2v) is 5.30. The number of hydrazine groups is 1. The van der Waals surface area contributed by atoms with Crippen molar-refractivity contribution in [3.8, 4) is 0 Å². The van der Waals surface area contributed by atoms with Crippen LogP contribution in [0.1, 0.15) is 46.0 Å². The van der Waals surface area contributed by atoms with Gasteiger partial charge in [-0.3, -0.25) is 5.43 Å². The molecule has 0 unspecified atom stereocenters. The molecule has 1 aliphatic heterocycles. The summed E-state index contributed by atoms with van der Waals surface area (Å²) >= 11 is 5.29. The Balaban J connectivity index is 1.81. The topological polar surface area (TPSA) is 27.3 Å². The van der Waals surface area contributed by atoms with Gasteiger partial charge < -0.3 is 5.32 Å². The second-order valence-electron chi connectivity index (χ2n) is 4.90. The first-order valence-corrected chi connectivity index (χ1v) is 6.43. The van der Waals surface area contributed by atoms with Crippen LogP contribution in [0.25, 0.3) is 0 Å². The number of hydrogen-bond acceptors (Lipinski definition) is 2. The fraction of sp³-hybridized carbons (Fsp3) is 0.909. The van der Waals surface area contributed by atoms with E-state index in [0.717, 1.165) is 5.11 Å². The molecule has 2 atom stereocenters. The van der Waals surface area contributed by atoms with Crippen LogP contribution >= 0.6 is 12.2 Å². The van der Waals surface area contributed by atoms with E-state index in [-0.39, 0.29) is 0 Å². The molecule has 0 radical (unpaired) electrons. The molecule has 1 saturated carbocycles. The van der Waals surface area contributed by atoms with E-state index in [1.54, 1.807) is 0 Å². The third-order valence-electron chi connectivity index (χ3n) is 3.34. The van der Waals surface area contributed by atoms with Crippen LogP contribution in [0.5, 0.6) is 0 Å². The Labute approximate surface area is 97.6 Å². The van der Waals surface area contributed by atoms with Crippen LogP contribution < -0.4 is 10.7 Å². The maximum absolute atomic E-state index is 5.29. The van der Waals surface area contributed by atoms with Crippen LogP contribution in [0, 0.1) is 0 Å². The van der Waals surface area contributed by atoms with Gasteiger partial charge in [-0.25, -0.2) is 5.01 Å². The third kappa shape index (κ3) is 3.05. The van der Waals surface area contributed by atoms with Crippen molar-refractivity contribution < 1.29 is 0 Å². The van der Waals surface area contributed by atoms with Crippen molar-refractivity contribution in [1.29, 1.82) is 0 Å². The second kappa shape index (κ2) is 4.66. The summed E-state index contributed by atoms with van der Waals surface area (Å²) in [5.74, 6) is 0. The van der Waals surface area contributed by atoms with Crippen molar-refractivity contribution >= 4 is 17.3 Å². The van der Waals surface area contributed by atoms with E-state index in [1.807, 2.05) is 0 Å². The lowest BCUT2D eigenvalue weighted by Gasteiger charge is -2.39. The van der Waals surface area contributed by atoms with Crippen LogP contribution in [0.15, 0.2) is 0 Å². The number of nitrogens with zero attached hydrogens (tertiary/aromatic N) is 1. The van der Waals surface area contributed by atoms with E-state index in [9.17, 15) is 0 Å². The first-order valence-electron chi connectivity index (χ1n) is 6.02. The Bertz CT molecular complexity index is 230. The van der Waals surface area contributed by atoms with Gasteiger partial charge in [0.05, 0.1) is 0 Å². The minimum atomic E-state index is 0.590. The highest BCUT2D eigenvalue weighted by atomic mass is 32.1. The minimum Gasteiger partial charge on any atom is -0.359 e. The van der Waals surface area contributed by atoms with Gasteiger partial charge in [-0.15, -0.1) is 0 Å². The van der Waals surface area contributed by atoms with Crippen molar-refractivity contribution in [2.45, 2.75) is 64.1 Å². The zero-order valence-electron chi connectivity index (χ0n) is 9.62. The van der Waals surface area contributed by atoms with Gasteiger partial charge in [-0.05, 0) is 51.7 Å². The zero-order valence-corrected chi connectivity index (χ0v) is 10.4. The molecule has 0 spiro atoms. The van der Waals surface area contributed by atoms with Gasteiger partial charge in [-0.1, -0.05) is 6.42 Å². The van der Waals surface area contributed by atoms with E-state index in [0.29, 0.717) is 18.1 Å². The monoisotopic (exact) mass is 227 g/mol. The third-order valence-corrected chi connectivity index (χ3v) is 3.55. The van der Waals surface area contributed by atoms with Gasteiger partial charge in [0, 0.05) is 18.1 Å². The molecule has 15 heavy (non-hydrogen) atoms. The summed E-state index contributed by atoms with van der Waals surface area (Å²) in [7, 11) is 0. The molecular formula is C11H21N3S. The molecule has 2 rings (SSSR count). The summed E-state index contributed by atoms with van der Waals surface area (Å²) in [6, 6.07) is 1.82. The molecule has 2 N–H and O–H groups in total. The molecule has 2 fully saturated rings. The van der Waals surface area contributed by atoms with E-state index in [4.69, 9.17) is 12.2 Å². The van der Waals surface area contributed by atoms with Crippen molar-refractivity contribution in [3.63, 3.8) is 0 Å². The Morgan fingerprint density at radius 1 is 1.13 bits per heavy atom. The Kier molecular flexibility index (Phi) is 3.46. The number of thiocarbonyl (C=S) groups is 1. The van der Waals surface area contributed by atoms with Gasteiger partial charge in [0.2, 0.25) is 0 Å². The maximum atomic E-state index is 5.29. The SMILES string of the molecule is C[C@H]1CCC[C@H](C)N1NC(=S)NC1CC1. The normalized spacial score (nSPS) is 32.4. The van der Waals surface area contributed by atoms with Gasteiger partial charge in [0.25, 0.3) is 0 Å². The minimum absolute atomic E-state index is 0.590. The van der Waals surface area contributed by atoms with Crippen molar-refractivity contribution in [2.24, 2.45) is 0 Å². The van der Waals surface area contributed by atoms with Gasteiger partial charge in [0.15, 0.2) is 5.11 Å². The summed E-state index contributed by atoms with van der Waals surface area (Å²) in [5, 5.41) is 6.43. The molecule has 86 valence electrons. The molecule has 0 bridgehead atoms. The van der Waals surface area contributed by atoms with E-state index >= 15 is 0 Å². The lowest BCUT2D eigenvalue weighted by Crippen LogP contribution is -2.56. The molecule has 4 heteroatoms. The quantitative estimate of drug-likeness (QED) is 0.703. The summed E-state index contributed by atoms with van der Waals surface area (Å²) in [6.07, 6.45) is 6.41. The number of hydrogen-bond donors (Lipinski definition) is 2. The van der Waals surface area contributed by atoms with Crippen molar-refractivity contribution in [3.05, 3.63) is 0 Å². The maximum Gasteiger partial charge on any atom is 0.181 e. The Morgan fingerprint density at radius 3 is 2.27 bits per heavy atom. The Hall–Kier alpha value is -0.350. The summed E-state index contributed by atoms with van der Waals surface area (Å²) < 4.78 is 0. The number of nitrogens with one attached hydrogen (secondary N) is 2. The average Bonchev–Trinajstić information content (AvgIpc) is 2.95. The molecule has 0 amide bonds. The highest BCUT2D eigenvalue weighted by Gasteiger charge is 2.27. The summed E-state index contributed by atoms with van der Waals surface area (Å²) in [5.41, 5.74) is 3.34. The number of rotatable bonds is 2. The fourth-order valence-electron chi connectivity index (χ4n) is 2.20. The molecule has 2 aliphatic rings. The van der Waals surface area contributed by atoms with Crippen LogP contribution in [0.2, 0.25) is 0 Å². The molecule has 1 saturated heterocycles. The zero-order chi connectivity index (χ0) is 10.8. The summed E-state index contributed by atoms with van der Waals surface area (Å²) in [4.78, 5) is 0.